The van der Waals surface area contributed by atoms with E-state index in [-0.39, 0.29) is 42.2 Å². The van der Waals surface area contributed by atoms with E-state index in [0.717, 1.165) is 10.7 Å². The van der Waals surface area contributed by atoms with E-state index < -0.39 is 17.8 Å². The molecule has 1 aliphatic heterocycles. The van der Waals surface area contributed by atoms with Gasteiger partial charge in [0, 0.05) is 19.8 Å². The van der Waals surface area contributed by atoms with E-state index in [0.29, 0.717) is 11.3 Å². The van der Waals surface area contributed by atoms with E-state index in [2.05, 4.69) is 5.10 Å². The van der Waals surface area contributed by atoms with Crippen LogP contribution in [0, 0.1) is 0 Å². The van der Waals surface area contributed by atoms with E-state index in [4.69, 9.17) is 19.6 Å². The van der Waals surface area contributed by atoms with Gasteiger partial charge in [0.25, 0.3) is 5.91 Å². The van der Waals surface area contributed by atoms with Gasteiger partial charge in [0.05, 0.1) is 35.6 Å². The fraction of sp³-hybridized carbons (Fsp3) is 0.280. The first-order chi connectivity index (χ1) is 16.8. The van der Waals surface area contributed by atoms with Crippen LogP contribution in [-0.4, -0.2) is 62.6 Å². The summed E-state index contributed by atoms with van der Waals surface area (Å²) in [5, 5.41) is 14.6. The summed E-state index contributed by atoms with van der Waals surface area (Å²) in [7, 11) is 3.78. The molecule has 2 aromatic rings. The number of amides is 1. The highest BCUT2D eigenvalue weighted by Crippen LogP contribution is 2.31. The average molecular weight is 482 g/mol. The molecule has 0 radical (unpaired) electrons. The first-order valence-electron chi connectivity index (χ1n) is 11.0. The van der Waals surface area contributed by atoms with Crippen molar-refractivity contribution in [3.8, 4) is 0 Å². The van der Waals surface area contributed by atoms with Crippen LogP contribution in [0.5, 0.6) is 0 Å². The van der Waals surface area contributed by atoms with Crippen LogP contribution in [-0.2, 0) is 24.1 Å². The Bertz CT molecular complexity index is 1150. The zero-order valence-corrected chi connectivity index (χ0v) is 20.0. The predicted octanol–water partition coefficient (Wildman–Crippen LogP) is 3.14. The minimum atomic E-state index is -1.09. The Morgan fingerprint density at radius 2 is 1.57 bits per heavy atom. The molecule has 0 saturated heterocycles. The number of carboxylic acids is 1. The maximum absolute atomic E-state index is 13.6. The molecule has 2 aromatic carbocycles. The topological polar surface area (TPSA) is 118 Å². The summed E-state index contributed by atoms with van der Waals surface area (Å²) in [6, 6.07) is 12.8. The van der Waals surface area contributed by atoms with Crippen molar-refractivity contribution in [1.82, 2.24) is 0 Å². The summed E-state index contributed by atoms with van der Waals surface area (Å²) >= 11 is 0. The van der Waals surface area contributed by atoms with E-state index in [9.17, 15) is 14.4 Å². The smallest absolute Gasteiger partial charge is 0.339 e. The zero-order chi connectivity index (χ0) is 25.5. The highest BCUT2D eigenvalue weighted by Gasteiger charge is 2.37. The van der Waals surface area contributed by atoms with Gasteiger partial charge < -0.3 is 14.7 Å². The Labute approximate surface area is 202 Å². The molecule has 1 amide bonds. The molecule has 35 heavy (non-hydrogen) atoms. The summed E-state index contributed by atoms with van der Waals surface area (Å²) in [5.41, 5.74) is 2.01. The van der Waals surface area contributed by atoms with Crippen molar-refractivity contribution >= 4 is 40.5 Å². The lowest BCUT2D eigenvalue weighted by atomic mass is 9.96. The van der Waals surface area contributed by atoms with Gasteiger partial charge in [-0.2, -0.15) is 10.1 Å². The SMILES string of the molecule is CCOOCC1=NN(c2ccc(C(=O)O)cc2)C(=O)C1=C(C(=O)OCC)c1ccc(N(C)C)cc1. The molecule has 0 unspecified atom stereocenters. The molecular formula is C25H27N3O7. The number of carbonyl (C=O) groups is 3. The number of hydrazone groups is 1. The van der Waals surface area contributed by atoms with Crippen LogP contribution in [0.15, 0.2) is 59.2 Å². The van der Waals surface area contributed by atoms with Crippen molar-refractivity contribution in [2.24, 2.45) is 5.10 Å². The Morgan fingerprint density at radius 1 is 0.943 bits per heavy atom. The van der Waals surface area contributed by atoms with E-state index in [1.165, 1.54) is 24.3 Å². The third-order valence-corrected chi connectivity index (χ3v) is 5.07. The van der Waals surface area contributed by atoms with Gasteiger partial charge in [-0.15, -0.1) is 0 Å². The van der Waals surface area contributed by atoms with Crippen molar-refractivity contribution < 1.29 is 34.0 Å². The maximum atomic E-state index is 13.6. The van der Waals surface area contributed by atoms with Gasteiger partial charge in [0.15, 0.2) is 0 Å². The normalized spacial score (nSPS) is 14.6. The van der Waals surface area contributed by atoms with Gasteiger partial charge in [-0.3, -0.25) is 4.79 Å². The van der Waals surface area contributed by atoms with Crippen LogP contribution in [0.4, 0.5) is 11.4 Å². The van der Waals surface area contributed by atoms with Crippen LogP contribution >= 0.6 is 0 Å². The molecule has 0 spiro atoms. The van der Waals surface area contributed by atoms with Gasteiger partial charge in [-0.05, 0) is 55.8 Å². The minimum absolute atomic E-state index is 0.0167. The third kappa shape index (κ3) is 5.73. The molecule has 0 aliphatic carbocycles. The number of carboxylic acid groups (broad SMARTS) is 1. The standard InChI is InChI=1S/C25H27N3O7/c1-5-33-25(32)21(16-7-11-18(12-8-16)27(3)4)22-20(15-35-34-6-2)26-28(23(22)29)19-13-9-17(10-14-19)24(30)31/h7-14H,5-6,15H2,1-4H3,(H,30,31). The number of carbonyl (C=O) groups excluding carboxylic acids is 2. The predicted molar refractivity (Wildman–Crippen MR) is 130 cm³/mol. The molecule has 10 heteroatoms. The first kappa shape index (κ1) is 25.6. The van der Waals surface area contributed by atoms with Crippen molar-refractivity contribution in [2.45, 2.75) is 13.8 Å². The van der Waals surface area contributed by atoms with Crippen LogP contribution < -0.4 is 9.91 Å². The molecule has 10 nitrogen and oxygen atoms in total. The molecule has 0 bridgehead atoms. The molecule has 0 fully saturated rings. The third-order valence-electron chi connectivity index (χ3n) is 5.07. The number of benzene rings is 2. The Morgan fingerprint density at radius 3 is 2.11 bits per heavy atom. The number of anilines is 2. The summed E-state index contributed by atoms with van der Waals surface area (Å²) in [4.78, 5) is 49.9. The highest BCUT2D eigenvalue weighted by atomic mass is 17.2. The number of ether oxygens (including phenoxy) is 1. The largest absolute Gasteiger partial charge is 0.478 e. The maximum Gasteiger partial charge on any atom is 0.339 e. The van der Waals surface area contributed by atoms with Gasteiger partial charge in [0.1, 0.15) is 12.3 Å². The summed E-state index contributed by atoms with van der Waals surface area (Å²) in [6.07, 6.45) is 0. The van der Waals surface area contributed by atoms with Crippen molar-refractivity contribution in [2.75, 3.05) is 43.8 Å². The van der Waals surface area contributed by atoms with Crippen molar-refractivity contribution in [3.63, 3.8) is 0 Å². The molecule has 1 N–H and O–H groups in total. The molecule has 1 heterocycles. The number of hydrogen-bond acceptors (Lipinski definition) is 8. The van der Waals surface area contributed by atoms with Crippen LogP contribution in [0.1, 0.15) is 29.8 Å². The van der Waals surface area contributed by atoms with E-state index >= 15 is 0 Å². The molecule has 3 rings (SSSR count). The number of esters is 1. The summed E-state index contributed by atoms with van der Waals surface area (Å²) < 4.78 is 5.28. The fourth-order valence-corrected chi connectivity index (χ4v) is 3.39. The summed E-state index contributed by atoms with van der Waals surface area (Å²) in [5.74, 6) is -2.35. The van der Waals surface area contributed by atoms with Crippen molar-refractivity contribution in [1.29, 1.82) is 0 Å². The monoisotopic (exact) mass is 481 g/mol. The number of rotatable bonds is 10. The fourth-order valence-electron chi connectivity index (χ4n) is 3.39. The molecule has 0 aromatic heterocycles. The number of nitrogens with zero attached hydrogens (tertiary/aromatic N) is 3. The Balaban J connectivity index is 2.14. The minimum Gasteiger partial charge on any atom is -0.478 e. The Kier molecular flexibility index (Phi) is 8.34. The lowest BCUT2D eigenvalue weighted by molar-refractivity contribution is -0.279. The second-order valence-electron chi connectivity index (χ2n) is 7.60. The molecule has 184 valence electrons. The van der Waals surface area contributed by atoms with Gasteiger partial charge in [-0.25, -0.2) is 19.4 Å². The van der Waals surface area contributed by atoms with Gasteiger partial charge in [-0.1, -0.05) is 12.1 Å². The van der Waals surface area contributed by atoms with Gasteiger partial charge in [0.2, 0.25) is 0 Å². The molecular weight excluding hydrogens is 454 g/mol. The number of aromatic carboxylic acids is 1. The molecule has 0 saturated carbocycles. The van der Waals surface area contributed by atoms with E-state index in [1.807, 2.05) is 31.1 Å². The van der Waals surface area contributed by atoms with Crippen molar-refractivity contribution in [3.05, 3.63) is 65.2 Å². The lowest BCUT2D eigenvalue weighted by Crippen LogP contribution is -2.25. The second-order valence-corrected chi connectivity index (χ2v) is 7.60. The zero-order valence-electron chi connectivity index (χ0n) is 20.0. The molecule has 0 atom stereocenters. The van der Waals surface area contributed by atoms with E-state index in [1.54, 1.807) is 26.0 Å². The van der Waals surface area contributed by atoms with Gasteiger partial charge >= 0.3 is 11.9 Å². The quantitative estimate of drug-likeness (QED) is 0.181. The first-order valence-corrected chi connectivity index (χ1v) is 11.0. The summed E-state index contributed by atoms with van der Waals surface area (Å²) in [6.45, 7) is 3.61. The Hall–Kier alpha value is -4.02. The highest BCUT2D eigenvalue weighted by molar-refractivity contribution is 6.40. The second kappa shape index (κ2) is 11.4. The lowest BCUT2D eigenvalue weighted by Gasteiger charge is -2.16. The number of hydrogen-bond donors (Lipinski definition) is 1. The van der Waals surface area contributed by atoms with Crippen LogP contribution in [0.3, 0.4) is 0 Å². The molecule has 1 aliphatic rings. The van der Waals surface area contributed by atoms with Crippen LogP contribution in [0.2, 0.25) is 0 Å². The van der Waals surface area contributed by atoms with Crippen LogP contribution in [0.25, 0.3) is 5.57 Å². The average Bonchev–Trinajstić information content (AvgIpc) is 3.16.